The van der Waals surface area contributed by atoms with E-state index >= 15 is 0 Å². The Bertz CT molecular complexity index is 524. The van der Waals surface area contributed by atoms with E-state index in [2.05, 4.69) is 0 Å². The molecule has 5 heteroatoms. The highest BCUT2D eigenvalue weighted by atomic mass is 35.5. The summed E-state index contributed by atoms with van der Waals surface area (Å²) in [5.74, 6) is -0.144. The highest BCUT2D eigenvalue weighted by Gasteiger charge is 2.31. The average Bonchev–Trinajstić information content (AvgIpc) is 2.45. The van der Waals surface area contributed by atoms with Crippen LogP contribution in [-0.2, 0) is 9.53 Å². The number of amides is 1. The molecule has 1 N–H and O–H groups in total. The van der Waals surface area contributed by atoms with Gasteiger partial charge in [-0.2, -0.15) is 0 Å². The lowest BCUT2D eigenvalue weighted by molar-refractivity contribution is -0.131. The van der Waals surface area contributed by atoms with E-state index in [0.29, 0.717) is 37.6 Å². The standard InChI is InChI=1S/C16H20ClNO3/c1-18(12-16(20)7-9-21-10-8-16)15(19)6-5-13-3-2-4-14(17)11-13/h2-6,11,20H,7-10,12H2,1H3/b6-5+. The summed E-state index contributed by atoms with van der Waals surface area (Å²) in [6, 6.07) is 7.29. The van der Waals surface area contributed by atoms with Gasteiger partial charge in [-0.05, 0) is 23.8 Å². The summed E-state index contributed by atoms with van der Waals surface area (Å²) in [6.07, 6.45) is 4.33. The SMILES string of the molecule is CN(CC1(O)CCOCC1)C(=O)/C=C/c1cccc(Cl)c1. The molecule has 2 rings (SSSR count). The predicted molar refractivity (Wildman–Crippen MR) is 83.1 cm³/mol. The second kappa shape index (κ2) is 7.07. The van der Waals surface area contributed by atoms with Crippen LogP contribution in [0.2, 0.25) is 5.02 Å². The smallest absolute Gasteiger partial charge is 0.246 e. The Morgan fingerprint density at radius 1 is 1.48 bits per heavy atom. The topological polar surface area (TPSA) is 49.8 Å². The molecule has 0 aliphatic carbocycles. The van der Waals surface area contributed by atoms with Crippen molar-refractivity contribution < 1.29 is 14.6 Å². The summed E-state index contributed by atoms with van der Waals surface area (Å²) in [5, 5.41) is 11.0. The molecule has 1 aliphatic rings. The molecule has 0 spiro atoms. The first-order valence-corrected chi connectivity index (χ1v) is 7.35. The second-order valence-electron chi connectivity index (χ2n) is 5.42. The summed E-state index contributed by atoms with van der Waals surface area (Å²) in [5.41, 5.74) is 0.0288. The number of likely N-dealkylation sites (N-methyl/N-ethyl adjacent to an activating group) is 1. The molecule has 1 aromatic rings. The third-order valence-corrected chi connectivity index (χ3v) is 3.83. The number of nitrogens with zero attached hydrogens (tertiary/aromatic N) is 1. The van der Waals surface area contributed by atoms with Crippen molar-refractivity contribution in [3.8, 4) is 0 Å². The van der Waals surface area contributed by atoms with Gasteiger partial charge in [0.2, 0.25) is 5.91 Å². The molecule has 1 fully saturated rings. The van der Waals surface area contributed by atoms with Gasteiger partial charge in [-0.15, -0.1) is 0 Å². The van der Waals surface area contributed by atoms with E-state index in [1.165, 1.54) is 11.0 Å². The Kier molecular flexibility index (Phi) is 5.39. The first kappa shape index (κ1) is 16.0. The Balaban J connectivity index is 1.93. The number of aliphatic hydroxyl groups is 1. The number of carbonyl (C=O) groups excluding carboxylic acids is 1. The van der Waals surface area contributed by atoms with Gasteiger partial charge in [0.05, 0.1) is 5.60 Å². The van der Waals surface area contributed by atoms with Crippen LogP contribution in [0.25, 0.3) is 6.08 Å². The van der Waals surface area contributed by atoms with Crippen molar-refractivity contribution >= 4 is 23.6 Å². The van der Waals surface area contributed by atoms with Crippen molar-refractivity contribution in [2.45, 2.75) is 18.4 Å². The largest absolute Gasteiger partial charge is 0.388 e. The van der Waals surface area contributed by atoms with Crippen molar-refractivity contribution in [2.75, 3.05) is 26.8 Å². The van der Waals surface area contributed by atoms with E-state index in [9.17, 15) is 9.90 Å². The van der Waals surface area contributed by atoms with Gasteiger partial charge in [-0.3, -0.25) is 4.79 Å². The van der Waals surface area contributed by atoms with E-state index in [1.807, 2.05) is 12.1 Å². The van der Waals surface area contributed by atoms with E-state index < -0.39 is 5.60 Å². The Morgan fingerprint density at radius 3 is 2.86 bits per heavy atom. The van der Waals surface area contributed by atoms with Crippen LogP contribution in [0.3, 0.4) is 0 Å². The van der Waals surface area contributed by atoms with Gasteiger partial charge in [0.25, 0.3) is 0 Å². The molecule has 4 nitrogen and oxygen atoms in total. The lowest BCUT2D eigenvalue weighted by atomic mass is 9.94. The zero-order chi connectivity index (χ0) is 15.3. The van der Waals surface area contributed by atoms with E-state index in [0.717, 1.165) is 5.56 Å². The maximum Gasteiger partial charge on any atom is 0.246 e. The molecular weight excluding hydrogens is 290 g/mol. The van der Waals surface area contributed by atoms with E-state index in [4.69, 9.17) is 16.3 Å². The molecule has 0 atom stereocenters. The van der Waals surface area contributed by atoms with Gasteiger partial charge in [0, 0.05) is 50.7 Å². The molecule has 114 valence electrons. The van der Waals surface area contributed by atoms with Gasteiger partial charge in [-0.1, -0.05) is 23.7 Å². The van der Waals surface area contributed by atoms with Crippen LogP contribution in [0, 0.1) is 0 Å². The monoisotopic (exact) mass is 309 g/mol. The molecule has 0 saturated carbocycles. The molecule has 0 aromatic heterocycles. The fourth-order valence-electron chi connectivity index (χ4n) is 2.33. The minimum atomic E-state index is -0.841. The van der Waals surface area contributed by atoms with Crippen molar-refractivity contribution in [1.82, 2.24) is 4.90 Å². The van der Waals surface area contributed by atoms with Crippen LogP contribution in [0.1, 0.15) is 18.4 Å². The lowest BCUT2D eigenvalue weighted by Gasteiger charge is -2.35. The molecular formula is C16H20ClNO3. The van der Waals surface area contributed by atoms with Crippen molar-refractivity contribution in [3.05, 3.63) is 40.9 Å². The average molecular weight is 310 g/mol. The number of hydrogen-bond acceptors (Lipinski definition) is 3. The quantitative estimate of drug-likeness (QED) is 0.869. The summed E-state index contributed by atoms with van der Waals surface area (Å²) in [4.78, 5) is 13.6. The highest BCUT2D eigenvalue weighted by Crippen LogP contribution is 2.21. The number of halogens is 1. The van der Waals surface area contributed by atoms with Crippen LogP contribution < -0.4 is 0 Å². The molecule has 1 aliphatic heterocycles. The van der Waals surface area contributed by atoms with Crippen LogP contribution in [-0.4, -0.2) is 48.3 Å². The summed E-state index contributed by atoms with van der Waals surface area (Å²) < 4.78 is 5.23. The fraction of sp³-hybridized carbons (Fsp3) is 0.438. The molecule has 0 radical (unpaired) electrons. The van der Waals surface area contributed by atoms with Gasteiger partial charge >= 0.3 is 0 Å². The van der Waals surface area contributed by atoms with Gasteiger partial charge < -0.3 is 14.7 Å². The number of benzene rings is 1. The zero-order valence-corrected chi connectivity index (χ0v) is 12.8. The van der Waals surface area contributed by atoms with Crippen molar-refractivity contribution in [3.63, 3.8) is 0 Å². The zero-order valence-electron chi connectivity index (χ0n) is 12.1. The Morgan fingerprint density at radius 2 is 2.19 bits per heavy atom. The summed E-state index contributed by atoms with van der Waals surface area (Å²) in [7, 11) is 1.69. The van der Waals surface area contributed by atoms with E-state index in [1.54, 1.807) is 25.3 Å². The van der Waals surface area contributed by atoms with Crippen LogP contribution in [0.4, 0.5) is 0 Å². The number of hydrogen-bond donors (Lipinski definition) is 1. The maximum absolute atomic E-state index is 12.1. The number of carbonyl (C=O) groups is 1. The minimum Gasteiger partial charge on any atom is -0.388 e. The Hall–Kier alpha value is -1.36. The minimum absolute atomic E-state index is 0.144. The van der Waals surface area contributed by atoms with Gasteiger partial charge in [-0.25, -0.2) is 0 Å². The number of rotatable bonds is 4. The first-order chi connectivity index (χ1) is 9.98. The van der Waals surface area contributed by atoms with Crippen LogP contribution in [0.5, 0.6) is 0 Å². The molecule has 0 bridgehead atoms. The first-order valence-electron chi connectivity index (χ1n) is 6.97. The van der Waals surface area contributed by atoms with Crippen molar-refractivity contribution in [1.29, 1.82) is 0 Å². The molecule has 1 aromatic carbocycles. The van der Waals surface area contributed by atoms with E-state index in [-0.39, 0.29) is 5.91 Å². The number of ether oxygens (including phenoxy) is 1. The van der Waals surface area contributed by atoms with Crippen molar-refractivity contribution in [2.24, 2.45) is 0 Å². The maximum atomic E-state index is 12.1. The summed E-state index contributed by atoms with van der Waals surface area (Å²) >= 11 is 5.90. The molecule has 1 saturated heterocycles. The molecule has 1 heterocycles. The van der Waals surface area contributed by atoms with Crippen LogP contribution in [0.15, 0.2) is 30.3 Å². The Labute approximate surface area is 130 Å². The third-order valence-electron chi connectivity index (χ3n) is 3.60. The second-order valence-corrected chi connectivity index (χ2v) is 5.86. The molecule has 0 unspecified atom stereocenters. The van der Waals surface area contributed by atoms with Crippen LogP contribution >= 0.6 is 11.6 Å². The lowest BCUT2D eigenvalue weighted by Crippen LogP contribution is -2.47. The normalized spacial score (nSPS) is 17.9. The fourth-order valence-corrected chi connectivity index (χ4v) is 2.53. The predicted octanol–water partition coefficient (Wildman–Crippen LogP) is 2.35. The van der Waals surface area contributed by atoms with Gasteiger partial charge in [0.15, 0.2) is 0 Å². The molecule has 21 heavy (non-hydrogen) atoms. The summed E-state index contributed by atoms with van der Waals surface area (Å²) in [6.45, 7) is 1.39. The molecule has 1 amide bonds. The third kappa shape index (κ3) is 4.84. The van der Waals surface area contributed by atoms with Gasteiger partial charge in [0.1, 0.15) is 0 Å². The highest BCUT2D eigenvalue weighted by molar-refractivity contribution is 6.30.